The summed E-state index contributed by atoms with van der Waals surface area (Å²) < 4.78 is 31.9. The summed E-state index contributed by atoms with van der Waals surface area (Å²) in [5.74, 6) is 0. The molecule has 0 aliphatic heterocycles. The third-order valence-corrected chi connectivity index (χ3v) is 5.59. The molecule has 1 heterocycles. The van der Waals surface area contributed by atoms with Crippen LogP contribution in [-0.2, 0) is 20.8 Å². The van der Waals surface area contributed by atoms with Crippen LogP contribution in [0.5, 0.6) is 0 Å². The topological polar surface area (TPSA) is 48.3 Å². The van der Waals surface area contributed by atoms with E-state index in [1.54, 1.807) is 18.2 Å². The minimum atomic E-state index is -3.73. The van der Waals surface area contributed by atoms with E-state index in [4.69, 9.17) is 4.18 Å². The van der Waals surface area contributed by atoms with Crippen LogP contribution in [0.2, 0.25) is 0 Å². The lowest BCUT2D eigenvalue weighted by atomic mass is 10.2. The van der Waals surface area contributed by atoms with Gasteiger partial charge in [0.05, 0.1) is 11.5 Å². The van der Waals surface area contributed by atoms with Gasteiger partial charge in [0.15, 0.2) is 0 Å². The first-order valence-corrected chi connectivity index (χ1v) is 9.48. The predicted molar refractivity (Wildman–Crippen MR) is 99.0 cm³/mol. The Balaban J connectivity index is 1.63. The molecule has 0 aliphatic carbocycles. The van der Waals surface area contributed by atoms with Gasteiger partial charge in [-0.1, -0.05) is 54.6 Å². The van der Waals surface area contributed by atoms with Crippen molar-refractivity contribution >= 4 is 31.9 Å². The molecule has 3 aromatic carbocycles. The van der Waals surface area contributed by atoms with E-state index in [0.717, 1.165) is 21.8 Å². The number of benzene rings is 3. The van der Waals surface area contributed by atoms with Crippen LogP contribution in [0.25, 0.3) is 21.8 Å². The Morgan fingerprint density at radius 2 is 1.24 bits per heavy atom. The molecule has 0 unspecified atom stereocenters. The smallest absolute Gasteiger partial charge is 0.297 e. The van der Waals surface area contributed by atoms with Crippen molar-refractivity contribution in [3.63, 3.8) is 0 Å². The van der Waals surface area contributed by atoms with Gasteiger partial charge in [0.25, 0.3) is 10.1 Å². The first-order valence-electron chi connectivity index (χ1n) is 8.07. The van der Waals surface area contributed by atoms with Crippen LogP contribution in [-0.4, -0.2) is 19.6 Å². The highest BCUT2D eigenvalue weighted by molar-refractivity contribution is 7.86. The standard InChI is InChI=1S/C20H17NO3S/c22-25(23,16-8-2-1-3-9-16)24-15-14-21-19-12-6-4-10-17(19)18-11-5-7-13-20(18)21/h1-13H,14-15H2. The fraction of sp³-hybridized carbons (Fsp3) is 0.100. The molecular weight excluding hydrogens is 334 g/mol. The molecule has 4 nitrogen and oxygen atoms in total. The molecule has 5 heteroatoms. The van der Waals surface area contributed by atoms with Crippen LogP contribution in [0, 0.1) is 0 Å². The lowest BCUT2D eigenvalue weighted by molar-refractivity contribution is 0.304. The van der Waals surface area contributed by atoms with Gasteiger partial charge in [-0.15, -0.1) is 0 Å². The second-order valence-corrected chi connectivity index (χ2v) is 7.39. The van der Waals surface area contributed by atoms with Crippen LogP contribution in [0.4, 0.5) is 0 Å². The van der Waals surface area contributed by atoms with E-state index < -0.39 is 10.1 Å². The Morgan fingerprint density at radius 3 is 1.84 bits per heavy atom. The summed E-state index contributed by atoms with van der Waals surface area (Å²) in [4.78, 5) is 0.178. The van der Waals surface area contributed by atoms with Gasteiger partial charge in [-0.25, -0.2) is 0 Å². The number of hydrogen-bond acceptors (Lipinski definition) is 3. The van der Waals surface area contributed by atoms with Gasteiger partial charge in [0.1, 0.15) is 0 Å². The van der Waals surface area contributed by atoms with Gasteiger partial charge >= 0.3 is 0 Å². The maximum Gasteiger partial charge on any atom is 0.297 e. The number of aromatic nitrogens is 1. The number of nitrogens with zero attached hydrogens (tertiary/aromatic N) is 1. The number of rotatable bonds is 5. The van der Waals surface area contributed by atoms with Gasteiger partial charge in [-0.3, -0.25) is 4.18 Å². The lowest BCUT2D eigenvalue weighted by Crippen LogP contribution is -2.12. The van der Waals surface area contributed by atoms with Crippen molar-refractivity contribution in [2.24, 2.45) is 0 Å². The molecular formula is C20H17NO3S. The van der Waals surface area contributed by atoms with E-state index in [9.17, 15) is 8.42 Å². The molecule has 1 aromatic heterocycles. The van der Waals surface area contributed by atoms with Gasteiger partial charge in [0, 0.05) is 28.4 Å². The normalized spacial score (nSPS) is 12.0. The highest BCUT2D eigenvalue weighted by atomic mass is 32.2. The quantitative estimate of drug-likeness (QED) is 0.506. The fourth-order valence-electron chi connectivity index (χ4n) is 3.14. The lowest BCUT2D eigenvalue weighted by Gasteiger charge is -2.09. The van der Waals surface area contributed by atoms with Crippen LogP contribution >= 0.6 is 0 Å². The first-order chi connectivity index (χ1) is 12.2. The average molecular weight is 351 g/mol. The molecule has 0 saturated carbocycles. The Bertz CT molecular complexity index is 1080. The Labute approximate surface area is 146 Å². The van der Waals surface area contributed by atoms with Gasteiger partial charge in [0.2, 0.25) is 0 Å². The SMILES string of the molecule is O=S(=O)(OCCn1c2ccccc2c2ccccc21)c1ccccc1. The Morgan fingerprint density at radius 1 is 0.720 bits per heavy atom. The van der Waals surface area contributed by atoms with E-state index in [1.807, 2.05) is 36.4 Å². The molecule has 25 heavy (non-hydrogen) atoms. The van der Waals surface area contributed by atoms with Crippen molar-refractivity contribution < 1.29 is 12.6 Å². The molecule has 0 fully saturated rings. The van der Waals surface area contributed by atoms with Crippen LogP contribution < -0.4 is 0 Å². The molecule has 0 atom stereocenters. The summed E-state index contributed by atoms with van der Waals surface area (Å²) in [5.41, 5.74) is 2.15. The maximum absolute atomic E-state index is 12.3. The minimum Gasteiger partial charge on any atom is -0.338 e. The summed E-state index contributed by atoms with van der Waals surface area (Å²) in [5, 5.41) is 2.31. The highest BCUT2D eigenvalue weighted by Gasteiger charge is 2.15. The second-order valence-electron chi connectivity index (χ2n) is 5.78. The van der Waals surface area contributed by atoms with E-state index in [-0.39, 0.29) is 11.5 Å². The molecule has 0 spiro atoms. The molecule has 0 aliphatic rings. The third kappa shape index (κ3) is 2.92. The van der Waals surface area contributed by atoms with Crippen LogP contribution in [0.1, 0.15) is 0 Å². The number of para-hydroxylation sites is 2. The van der Waals surface area contributed by atoms with Crippen molar-refractivity contribution in [2.45, 2.75) is 11.4 Å². The molecule has 4 rings (SSSR count). The van der Waals surface area contributed by atoms with Crippen LogP contribution in [0.15, 0.2) is 83.8 Å². The van der Waals surface area contributed by atoms with Crippen molar-refractivity contribution in [1.82, 2.24) is 4.57 Å². The van der Waals surface area contributed by atoms with E-state index in [0.29, 0.717) is 6.54 Å². The predicted octanol–water partition coefficient (Wildman–Crippen LogP) is 4.20. The van der Waals surface area contributed by atoms with E-state index in [2.05, 4.69) is 16.7 Å². The second kappa shape index (κ2) is 6.35. The first kappa shape index (κ1) is 15.9. The molecule has 4 aromatic rings. The molecule has 0 saturated heterocycles. The summed E-state index contributed by atoms with van der Waals surface area (Å²) in [6, 6.07) is 24.5. The molecule has 126 valence electrons. The molecule has 0 radical (unpaired) electrons. The average Bonchev–Trinajstić information content (AvgIpc) is 2.97. The van der Waals surface area contributed by atoms with Crippen molar-refractivity contribution in [1.29, 1.82) is 0 Å². The van der Waals surface area contributed by atoms with Crippen molar-refractivity contribution in [3.05, 3.63) is 78.9 Å². The maximum atomic E-state index is 12.3. The summed E-state index contributed by atoms with van der Waals surface area (Å²) >= 11 is 0. The monoisotopic (exact) mass is 351 g/mol. The summed E-state index contributed by atoms with van der Waals surface area (Å²) in [7, 11) is -3.73. The molecule has 0 N–H and O–H groups in total. The summed E-state index contributed by atoms with van der Waals surface area (Å²) in [6.07, 6.45) is 0. The number of hydrogen-bond donors (Lipinski definition) is 0. The molecule has 0 bridgehead atoms. The largest absolute Gasteiger partial charge is 0.338 e. The minimum absolute atomic E-state index is 0.0832. The van der Waals surface area contributed by atoms with E-state index in [1.165, 1.54) is 12.1 Å². The fourth-order valence-corrected chi connectivity index (χ4v) is 4.06. The highest BCUT2D eigenvalue weighted by Crippen LogP contribution is 2.28. The van der Waals surface area contributed by atoms with E-state index >= 15 is 0 Å². The number of fused-ring (bicyclic) bond motifs is 3. The molecule has 0 amide bonds. The van der Waals surface area contributed by atoms with Crippen molar-refractivity contribution in [3.8, 4) is 0 Å². The Hall–Kier alpha value is -2.63. The summed E-state index contributed by atoms with van der Waals surface area (Å²) in [6.45, 7) is 0.542. The Kier molecular flexibility index (Phi) is 4.03. The zero-order valence-electron chi connectivity index (χ0n) is 13.5. The van der Waals surface area contributed by atoms with Gasteiger partial charge < -0.3 is 4.57 Å². The van der Waals surface area contributed by atoms with Gasteiger partial charge in [-0.2, -0.15) is 8.42 Å². The zero-order valence-corrected chi connectivity index (χ0v) is 14.3. The van der Waals surface area contributed by atoms with Gasteiger partial charge in [-0.05, 0) is 24.3 Å². The third-order valence-electron chi connectivity index (χ3n) is 4.27. The van der Waals surface area contributed by atoms with Crippen LogP contribution in [0.3, 0.4) is 0 Å². The van der Waals surface area contributed by atoms with Crippen molar-refractivity contribution in [2.75, 3.05) is 6.61 Å². The zero-order chi connectivity index (χ0) is 17.3.